The second-order valence-electron chi connectivity index (χ2n) is 3.41. The summed E-state index contributed by atoms with van der Waals surface area (Å²) in [4.78, 5) is 0. The first-order valence-corrected chi connectivity index (χ1v) is 4.26. The molecule has 1 aromatic carbocycles. The molecule has 0 atom stereocenters. The first-order chi connectivity index (χ1) is 5.61. The van der Waals surface area contributed by atoms with Crippen LogP contribution in [0.4, 0.5) is 0 Å². The predicted molar refractivity (Wildman–Crippen MR) is 53.0 cm³/mol. The summed E-state index contributed by atoms with van der Waals surface area (Å²) in [6.07, 6.45) is 0. The van der Waals surface area contributed by atoms with Crippen molar-refractivity contribution >= 4 is 5.71 Å². The van der Waals surface area contributed by atoms with Gasteiger partial charge in [-0.15, -0.1) is 0 Å². The van der Waals surface area contributed by atoms with Gasteiger partial charge in [0.1, 0.15) is 0 Å². The normalized spacial score (nSPS) is 10.3. The van der Waals surface area contributed by atoms with E-state index >= 15 is 0 Å². The largest absolute Gasteiger partial charge is 0.305 e. The quantitative estimate of drug-likeness (QED) is 0.644. The summed E-state index contributed by atoms with van der Waals surface area (Å²) in [6, 6.07) is 8.20. The molecule has 0 aliphatic rings. The second kappa shape index (κ2) is 3.53. The molecule has 1 aromatic rings. The Morgan fingerprint density at radius 1 is 1.33 bits per heavy atom. The lowest BCUT2D eigenvalue weighted by molar-refractivity contribution is 0.866. The molecule has 1 N–H and O–H groups in total. The fourth-order valence-corrected chi connectivity index (χ4v) is 1.13. The topological polar surface area (TPSA) is 23.9 Å². The lowest BCUT2D eigenvalue weighted by Crippen LogP contribution is -1.94. The monoisotopic (exact) mass is 161 g/mol. The Morgan fingerprint density at radius 3 is 2.50 bits per heavy atom. The smallest absolute Gasteiger partial charge is 0.0355 e. The molecule has 0 aromatic heterocycles. The lowest BCUT2D eigenvalue weighted by Gasteiger charge is -2.06. The van der Waals surface area contributed by atoms with Gasteiger partial charge in [-0.2, -0.15) is 0 Å². The molecule has 0 spiro atoms. The molecular weight excluding hydrogens is 146 g/mol. The van der Waals surface area contributed by atoms with Crippen molar-refractivity contribution in [3.63, 3.8) is 0 Å². The molecule has 0 radical (unpaired) electrons. The van der Waals surface area contributed by atoms with Crippen LogP contribution in [0.5, 0.6) is 0 Å². The first-order valence-electron chi connectivity index (χ1n) is 4.26. The Labute approximate surface area is 73.9 Å². The van der Waals surface area contributed by atoms with Gasteiger partial charge in [-0.05, 0) is 30.0 Å². The molecule has 1 heteroatoms. The van der Waals surface area contributed by atoms with Crippen molar-refractivity contribution < 1.29 is 0 Å². The van der Waals surface area contributed by atoms with E-state index in [2.05, 4.69) is 26.0 Å². The minimum Gasteiger partial charge on any atom is -0.305 e. The van der Waals surface area contributed by atoms with Crippen molar-refractivity contribution in [3.8, 4) is 0 Å². The van der Waals surface area contributed by atoms with Crippen LogP contribution in [0.1, 0.15) is 37.8 Å². The summed E-state index contributed by atoms with van der Waals surface area (Å²) in [6.45, 7) is 6.15. The Bertz CT molecular complexity index is 287. The van der Waals surface area contributed by atoms with Crippen LogP contribution in [0.15, 0.2) is 24.3 Å². The average molecular weight is 161 g/mol. The number of rotatable bonds is 2. The van der Waals surface area contributed by atoms with Crippen molar-refractivity contribution in [3.05, 3.63) is 35.4 Å². The molecule has 0 heterocycles. The van der Waals surface area contributed by atoms with E-state index in [0.717, 1.165) is 5.56 Å². The third-order valence-electron chi connectivity index (χ3n) is 1.99. The van der Waals surface area contributed by atoms with Gasteiger partial charge in [-0.3, -0.25) is 0 Å². The maximum absolute atomic E-state index is 7.47. The van der Waals surface area contributed by atoms with E-state index in [4.69, 9.17) is 5.41 Å². The van der Waals surface area contributed by atoms with Crippen LogP contribution >= 0.6 is 0 Å². The molecule has 64 valence electrons. The van der Waals surface area contributed by atoms with Gasteiger partial charge in [-0.25, -0.2) is 0 Å². The minimum atomic E-state index is 0.546. The number of hydrogen-bond acceptors (Lipinski definition) is 1. The molecule has 12 heavy (non-hydrogen) atoms. The van der Waals surface area contributed by atoms with Crippen LogP contribution in [-0.2, 0) is 0 Å². The molecule has 0 unspecified atom stereocenters. The van der Waals surface area contributed by atoms with Gasteiger partial charge in [0.15, 0.2) is 0 Å². The summed E-state index contributed by atoms with van der Waals surface area (Å²) in [5, 5.41) is 7.47. The van der Waals surface area contributed by atoms with Crippen molar-refractivity contribution in [2.45, 2.75) is 26.7 Å². The summed E-state index contributed by atoms with van der Waals surface area (Å²) in [7, 11) is 0. The number of hydrogen-bond donors (Lipinski definition) is 1. The molecule has 1 rings (SSSR count). The highest BCUT2D eigenvalue weighted by Gasteiger charge is 2.00. The maximum atomic E-state index is 7.47. The van der Waals surface area contributed by atoms with Crippen molar-refractivity contribution in [1.29, 1.82) is 5.41 Å². The zero-order valence-electron chi connectivity index (χ0n) is 7.89. The minimum absolute atomic E-state index is 0.546. The van der Waals surface area contributed by atoms with E-state index in [9.17, 15) is 0 Å². The molecule has 1 nitrogen and oxygen atoms in total. The highest BCUT2D eigenvalue weighted by molar-refractivity contribution is 5.96. The molecule has 0 fully saturated rings. The highest BCUT2D eigenvalue weighted by Crippen LogP contribution is 2.15. The van der Waals surface area contributed by atoms with Gasteiger partial charge in [0, 0.05) is 5.71 Å². The summed E-state index contributed by atoms with van der Waals surface area (Å²) < 4.78 is 0. The standard InChI is InChI=1S/C11H15N/c1-8(2)10-5-4-6-11(7-10)9(3)12/h4-8,12H,1-3H3. The summed E-state index contributed by atoms with van der Waals surface area (Å²) >= 11 is 0. The van der Waals surface area contributed by atoms with Gasteiger partial charge in [0.05, 0.1) is 0 Å². The van der Waals surface area contributed by atoms with Gasteiger partial charge in [-0.1, -0.05) is 32.0 Å². The van der Waals surface area contributed by atoms with E-state index in [1.807, 2.05) is 19.1 Å². The van der Waals surface area contributed by atoms with Gasteiger partial charge in [0.2, 0.25) is 0 Å². The van der Waals surface area contributed by atoms with Crippen LogP contribution in [0.2, 0.25) is 0 Å². The van der Waals surface area contributed by atoms with Crippen LogP contribution in [0.3, 0.4) is 0 Å². The molecule has 0 saturated heterocycles. The zero-order valence-corrected chi connectivity index (χ0v) is 7.89. The Hall–Kier alpha value is -1.11. The van der Waals surface area contributed by atoms with E-state index < -0.39 is 0 Å². The van der Waals surface area contributed by atoms with Crippen LogP contribution < -0.4 is 0 Å². The molecule has 0 bridgehead atoms. The fourth-order valence-electron chi connectivity index (χ4n) is 1.13. The number of benzene rings is 1. The maximum Gasteiger partial charge on any atom is 0.0355 e. The lowest BCUT2D eigenvalue weighted by atomic mass is 9.99. The Morgan fingerprint density at radius 2 is 2.00 bits per heavy atom. The third-order valence-corrected chi connectivity index (χ3v) is 1.99. The average Bonchev–Trinajstić information content (AvgIpc) is 2.04. The van der Waals surface area contributed by atoms with E-state index in [-0.39, 0.29) is 0 Å². The predicted octanol–water partition coefficient (Wildman–Crippen LogP) is 3.20. The molecule has 0 aliphatic heterocycles. The van der Waals surface area contributed by atoms with Crippen molar-refractivity contribution in [2.24, 2.45) is 0 Å². The van der Waals surface area contributed by atoms with E-state index in [1.54, 1.807) is 0 Å². The van der Waals surface area contributed by atoms with Gasteiger partial charge >= 0.3 is 0 Å². The summed E-state index contributed by atoms with van der Waals surface area (Å²) in [5.74, 6) is 0.546. The third kappa shape index (κ3) is 1.94. The Balaban J connectivity index is 3.04. The van der Waals surface area contributed by atoms with Crippen LogP contribution in [-0.4, -0.2) is 5.71 Å². The zero-order chi connectivity index (χ0) is 9.14. The van der Waals surface area contributed by atoms with E-state index in [0.29, 0.717) is 11.6 Å². The highest BCUT2D eigenvalue weighted by atomic mass is 14.4. The van der Waals surface area contributed by atoms with Crippen molar-refractivity contribution in [1.82, 2.24) is 0 Å². The van der Waals surface area contributed by atoms with Crippen molar-refractivity contribution in [2.75, 3.05) is 0 Å². The Kier molecular flexibility index (Phi) is 2.64. The fraction of sp³-hybridized carbons (Fsp3) is 0.364. The first kappa shape index (κ1) is 8.98. The second-order valence-corrected chi connectivity index (χ2v) is 3.41. The molecular formula is C11H15N. The van der Waals surface area contributed by atoms with Crippen LogP contribution in [0.25, 0.3) is 0 Å². The molecule has 0 amide bonds. The SMILES string of the molecule is CC(=N)c1cccc(C(C)C)c1. The summed E-state index contributed by atoms with van der Waals surface area (Å²) in [5.41, 5.74) is 2.97. The number of nitrogens with one attached hydrogen (secondary N) is 1. The van der Waals surface area contributed by atoms with Crippen LogP contribution in [0, 0.1) is 5.41 Å². The molecule has 0 aliphatic carbocycles. The molecule has 0 saturated carbocycles. The van der Waals surface area contributed by atoms with Gasteiger partial charge < -0.3 is 5.41 Å². The van der Waals surface area contributed by atoms with E-state index in [1.165, 1.54) is 5.56 Å². The van der Waals surface area contributed by atoms with Gasteiger partial charge in [0.25, 0.3) is 0 Å².